The highest BCUT2D eigenvalue weighted by Gasteiger charge is 2.06. The second-order valence-electron chi connectivity index (χ2n) is 2.47. The SMILES string of the molecule is COc1cc(N)cc2cnoc12. The predicted octanol–water partition coefficient (Wildman–Crippen LogP) is 1.42. The first-order chi connectivity index (χ1) is 5.81. The minimum Gasteiger partial charge on any atom is -0.493 e. The molecular formula is C8H8N2O2. The highest BCUT2D eigenvalue weighted by atomic mass is 16.5. The summed E-state index contributed by atoms with van der Waals surface area (Å²) < 4.78 is 10.0. The van der Waals surface area contributed by atoms with E-state index in [2.05, 4.69) is 5.16 Å². The van der Waals surface area contributed by atoms with Gasteiger partial charge in [0.15, 0.2) is 5.75 Å². The van der Waals surface area contributed by atoms with E-state index >= 15 is 0 Å². The number of anilines is 1. The molecule has 0 aliphatic rings. The number of aromatic nitrogens is 1. The Bertz CT molecular complexity index is 408. The Kier molecular flexibility index (Phi) is 1.40. The van der Waals surface area contributed by atoms with Crippen molar-refractivity contribution in [3.8, 4) is 5.75 Å². The van der Waals surface area contributed by atoms with Gasteiger partial charge in [0.25, 0.3) is 0 Å². The molecule has 62 valence electrons. The molecular weight excluding hydrogens is 156 g/mol. The molecule has 0 atom stereocenters. The molecule has 2 N–H and O–H groups in total. The summed E-state index contributed by atoms with van der Waals surface area (Å²) in [6, 6.07) is 3.49. The zero-order valence-electron chi connectivity index (χ0n) is 6.57. The van der Waals surface area contributed by atoms with Crippen LogP contribution in [0.3, 0.4) is 0 Å². The van der Waals surface area contributed by atoms with Gasteiger partial charge in [-0.2, -0.15) is 0 Å². The van der Waals surface area contributed by atoms with E-state index in [1.54, 1.807) is 25.4 Å². The van der Waals surface area contributed by atoms with Crippen LogP contribution in [0.1, 0.15) is 0 Å². The fourth-order valence-electron chi connectivity index (χ4n) is 1.13. The van der Waals surface area contributed by atoms with Gasteiger partial charge in [-0.25, -0.2) is 0 Å². The third-order valence-electron chi connectivity index (χ3n) is 1.66. The molecule has 0 aliphatic heterocycles. The molecule has 0 fully saturated rings. The highest BCUT2D eigenvalue weighted by molar-refractivity contribution is 5.85. The molecule has 2 aromatic rings. The van der Waals surface area contributed by atoms with Crippen LogP contribution < -0.4 is 10.5 Å². The van der Waals surface area contributed by atoms with Gasteiger partial charge in [-0.15, -0.1) is 0 Å². The fourth-order valence-corrected chi connectivity index (χ4v) is 1.13. The molecule has 0 amide bonds. The van der Waals surface area contributed by atoms with Crippen LogP contribution in [0, 0.1) is 0 Å². The van der Waals surface area contributed by atoms with Gasteiger partial charge in [-0.1, -0.05) is 5.16 Å². The first-order valence-corrected chi connectivity index (χ1v) is 3.49. The Morgan fingerprint density at radius 1 is 1.50 bits per heavy atom. The van der Waals surface area contributed by atoms with E-state index in [9.17, 15) is 0 Å². The summed E-state index contributed by atoms with van der Waals surface area (Å²) in [6.45, 7) is 0. The number of rotatable bonds is 1. The molecule has 0 aliphatic carbocycles. The Labute approximate surface area is 68.9 Å². The quantitative estimate of drug-likeness (QED) is 0.647. The topological polar surface area (TPSA) is 61.3 Å². The molecule has 2 rings (SSSR count). The van der Waals surface area contributed by atoms with Crippen molar-refractivity contribution in [3.63, 3.8) is 0 Å². The zero-order valence-corrected chi connectivity index (χ0v) is 6.57. The van der Waals surface area contributed by atoms with Gasteiger partial charge in [0, 0.05) is 17.1 Å². The Balaban J connectivity index is 2.80. The fraction of sp³-hybridized carbons (Fsp3) is 0.125. The number of hydrogen-bond donors (Lipinski definition) is 1. The Morgan fingerprint density at radius 3 is 3.08 bits per heavy atom. The van der Waals surface area contributed by atoms with Crippen LogP contribution in [-0.2, 0) is 0 Å². The van der Waals surface area contributed by atoms with Crippen molar-refractivity contribution < 1.29 is 9.26 Å². The third kappa shape index (κ3) is 0.887. The van der Waals surface area contributed by atoms with Crippen LogP contribution in [0.4, 0.5) is 5.69 Å². The maximum Gasteiger partial charge on any atom is 0.208 e. The summed E-state index contributed by atoms with van der Waals surface area (Å²) in [5.41, 5.74) is 6.88. The number of methoxy groups -OCH3 is 1. The number of nitrogen functional groups attached to an aromatic ring is 1. The molecule has 0 radical (unpaired) electrons. The minimum absolute atomic E-state index is 0.613. The molecule has 1 heterocycles. The van der Waals surface area contributed by atoms with Crippen LogP contribution >= 0.6 is 0 Å². The van der Waals surface area contributed by atoms with Gasteiger partial charge >= 0.3 is 0 Å². The molecule has 12 heavy (non-hydrogen) atoms. The van der Waals surface area contributed by atoms with Crippen LogP contribution in [0.2, 0.25) is 0 Å². The van der Waals surface area contributed by atoms with Crippen LogP contribution in [0.5, 0.6) is 5.75 Å². The van der Waals surface area contributed by atoms with Crippen LogP contribution in [0.15, 0.2) is 22.9 Å². The Morgan fingerprint density at radius 2 is 2.33 bits per heavy atom. The summed E-state index contributed by atoms with van der Waals surface area (Å²) in [6.07, 6.45) is 1.61. The summed E-state index contributed by atoms with van der Waals surface area (Å²) in [4.78, 5) is 0. The van der Waals surface area contributed by atoms with E-state index in [4.69, 9.17) is 15.0 Å². The number of nitrogens with zero attached hydrogens (tertiary/aromatic N) is 1. The van der Waals surface area contributed by atoms with Crippen molar-refractivity contribution in [2.24, 2.45) is 0 Å². The van der Waals surface area contributed by atoms with E-state index in [0.717, 1.165) is 5.39 Å². The molecule has 1 aromatic carbocycles. The number of ether oxygens (including phenoxy) is 1. The molecule has 0 spiro atoms. The molecule has 4 heteroatoms. The summed E-state index contributed by atoms with van der Waals surface area (Å²) in [5, 5.41) is 4.49. The van der Waals surface area contributed by atoms with E-state index in [0.29, 0.717) is 17.0 Å². The largest absolute Gasteiger partial charge is 0.493 e. The molecule has 0 unspecified atom stereocenters. The van der Waals surface area contributed by atoms with Gasteiger partial charge in [-0.3, -0.25) is 0 Å². The van der Waals surface area contributed by atoms with Crippen molar-refractivity contribution in [1.29, 1.82) is 0 Å². The van der Waals surface area contributed by atoms with Gasteiger partial charge in [0.05, 0.1) is 13.3 Å². The maximum absolute atomic E-state index is 5.61. The van der Waals surface area contributed by atoms with E-state index in [-0.39, 0.29) is 0 Å². The number of fused-ring (bicyclic) bond motifs is 1. The summed E-state index contributed by atoms with van der Waals surface area (Å²) in [7, 11) is 1.57. The van der Waals surface area contributed by atoms with Crippen LogP contribution in [0.25, 0.3) is 11.0 Å². The average molecular weight is 164 g/mol. The smallest absolute Gasteiger partial charge is 0.208 e. The van der Waals surface area contributed by atoms with Gasteiger partial charge < -0.3 is 15.0 Å². The van der Waals surface area contributed by atoms with E-state index in [1.807, 2.05) is 0 Å². The summed E-state index contributed by atoms with van der Waals surface area (Å²) >= 11 is 0. The lowest BCUT2D eigenvalue weighted by atomic mass is 10.2. The van der Waals surface area contributed by atoms with Crippen molar-refractivity contribution >= 4 is 16.7 Å². The monoisotopic (exact) mass is 164 g/mol. The zero-order chi connectivity index (χ0) is 8.55. The lowest BCUT2D eigenvalue weighted by molar-refractivity contribution is 0.393. The standard InChI is InChI=1S/C8H8N2O2/c1-11-7-3-6(9)2-5-4-10-12-8(5)7/h2-4H,9H2,1H3. The third-order valence-corrected chi connectivity index (χ3v) is 1.66. The first-order valence-electron chi connectivity index (χ1n) is 3.49. The van der Waals surface area contributed by atoms with E-state index < -0.39 is 0 Å². The lowest BCUT2D eigenvalue weighted by Gasteiger charge is -1.99. The normalized spacial score (nSPS) is 10.4. The van der Waals surface area contributed by atoms with Crippen LogP contribution in [-0.4, -0.2) is 12.3 Å². The maximum atomic E-state index is 5.61. The van der Waals surface area contributed by atoms with Crippen molar-refractivity contribution in [1.82, 2.24) is 5.16 Å². The molecule has 1 aromatic heterocycles. The number of hydrogen-bond acceptors (Lipinski definition) is 4. The van der Waals surface area contributed by atoms with Crippen molar-refractivity contribution in [2.45, 2.75) is 0 Å². The molecule has 0 saturated heterocycles. The minimum atomic E-state index is 0.613. The van der Waals surface area contributed by atoms with Gasteiger partial charge in [-0.05, 0) is 6.07 Å². The predicted molar refractivity (Wildman–Crippen MR) is 45.0 cm³/mol. The molecule has 4 nitrogen and oxygen atoms in total. The number of nitrogens with two attached hydrogens (primary N) is 1. The number of benzene rings is 1. The highest BCUT2D eigenvalue weighted by Crippen LogP contribution is 2.27. The second-order valence-corrected chi connectivity index (χ2v) is 2.47. The lowest BCUT2D eigenvalue weighted by Crippen LogP contribution is -1.87. The van der Waals surface area contributed by atoms with E-state index in [1.165, 1.54) is 0 Å². The average Bonchev–Trinajstić information content (AvgIpc) is 2.50. The first kappa shape index (κ1) is 6.97. The van der Waals surface area contributed by atoms with Crippen molar-refractivity contribution in [3.05, 3.63) is 18.3 Å². The van der Waals surface area contributed by atoms with Crippen molar-refractivity contribution in [2.75, 3.05) is 12.8 Å². The molecule has 0 saturated carbocycles. The summed E-state index contributed by atoms with van der Waals surface area (Å²) in [5.74, 6) is 0.613. The second kappa shape index (κ2) is 2.41. The Hall–Kier alpha value is -1.71. The molecule has 0 bridgehead atoms. The van der Waals surface area contributed by atoms with Gasteiger partial charge in [0.2, 0.25) is 5.58 Å². The van der Waals surface area contributed by atoms with Gasteiger partial charge in [0.1, 0.15) is 0 Å².